The van der Waals surface area contributed by atoms with Gasteiger partial charge in [0, 0.05) is 18.7 Å². The van der Waals surface area contributed by atoms with Crippen molar-refractivity contribution in [2.45, 2.75) is 18.9 Å². The summed E-state index contributed by atoms with van der Waals surface area (Å²) in [5.41, 5.74) is 7.70. The Morgan fingerprint density at radius 2 is 2.25 bits per heavy atom. The van der Waals surface area contributed by atoms with Crippen molar-refractivity contribution in [2.24, 2.45) is 0 Å². The average Bonchev–Trinajstić information content (AvgIpc) is 3.10. The van der Waals surface area contributed by atoms with Gasteiger partial charge >= 0.3 is 0 Å². The first-order valence-corrected chi connectivity index (χ1v) is 5.57. The molecule has 0 radical (unpaired) electrons. The van der Waals surface area contributed by atoms with E-state index in [1.54, 1.807) is 7.11 Å². The number of anilines is 2. The van der Waals surface area contributed by atoms with Gasteiger partial charge in [-0.1, -0.05) is 0 Å². The maximum atomic E-state index is 9.06. The highest BCUT2D eigenvalue weighted by atomic mass is 16.5. The number of hydrogen-bond acceptors (Lipinski definition) is 4. The molecule has 1 fully saturated rings. The maximum absolute atomic E-state index is 9.06. The summed E-state index contributed by atoms with van der Waals surface area (Å²) in [6, 6.07) is 6.23. The van der Waals surface area contributed by atoms with Gasteiger partial charge in [0.1, 0.15) is 5.75 Å². The number of ether oxygens (including phenoxy) is 1. The highest BCUT2D eigenvalue weighted by Gasteiger charge is 2.29. The number of nitrogens with two attached hydrogens (primary N) is 1. The molecule has 0 atom stereocenters. The van der Waals surface area contributed by atoms with Gasteiger partial charge in [-0.05, 0) is 25.0 Å². The van der Waals surface area contributed by atoms with Crippen LogP contribution in [-0.2, 0) is 0 Å². The van der Waals surface area contributed by atoms with E-state index >= 15 is 0 Å². The van der Waals surface area contributed by atoms with E-state index in [2.05, 4.69) is 4.90 Å². The van der Waals surface area contributed by atoms with E-state index in [-0.39, 0.29) is 6.61 Å². The molecule has 1 saturated carbocycles. The van der Waals surface area contributed by atoms with E-state index in [4.69, 9.17) is 15.6 Å². The van der Waals surface area contributed by atoms with Crippen LogP contribution in [0.4, 0.5) is 11.4 Å². The number of nitrogens with zero attached hydrogens (tertiary/aromatic N) is 1. The predicted molar refractivity (Wildman–Crippen MR) is 64.9 cm³/mol. The summed E-state index contributed by atoms with van der Waals surface area (Å²) in [5, 5.41) is 9.06. The van der Waals surface area contributed by atoms with Gasteiger partial charge < -0.3 is 20.5 Å². The van der Waals surface area contributed by atoms with Crippen LogP contribution in [0.1, 0.15) is 12.8 Å². The SMILES string of the molecule is COc1ccc(N(CCO)C2CC2)c(N)c1. The molecule has 88 valence electrons. The van der Waals surface area contributed by atoms with Crippen LogP contribution in [0.2, 0.25) is 0 Å². The van der Waals surface area contributed by atoms with Crippen LogP contribution in [0.15, 0.2) is 18.2 Å². The highest BCUT2D eigenvalue weighted by molar-refractivity contribution is 5.70. The quantitative estimate of drug-likeness (QED) is 0.736. The van der Waals surface area contributed by atoms with Crippen molar-refractivity contribution in [3.8, 4) is 5.75 Å². The van der Waals surface area contributed by atoms with E-state index in [9.17, 15) is 0 Å². The molecule has 3 N–H and O–H groups in total. The lowest BCUT2D eigenvalue weighted by Crippen LogP contribution is -2.29. The molecule has 4 heteroatoms. The van der Waals surface area contributed by atoms with Crippen molar-refractivity contribution >= 4 is 11.4 Å². The van der Waals surface area contributed by atoms with Gasteiger partial charge in [0.2, 0.25) is 0 Å². The first kappa shape index (κ1) is 11.1. The molecule has 0 heterocycles. The second-order valence-electron chi connectivity index (χ2n) is 4.07. The zero-order valence-corrected chi connectivity index (χ0v) is 9.52. The van der Waals surface area contributed by atoms with Crippen molar-refractivity contribution < 1.29 is 9.84 Å². The van der Waals surface area contributed by atoms with Gasteiger partial charge in [-0.2, -0.15) is 0 Å². The summed E-state index contributed by atoms with van der Waals surface area (Å²) in [7, 11) is 1.63. The molecule has 2 rings (SSSR count). The van der Waals surface area contributed by atoms with E-state index in [0.29, 0.717) is 18.3 Å². The maximum Gasteiger partial charge on any atom is 0.121 e. The molecule has 0 spiro atoms. The van der Waals surface area contributed by atoms with Crippen molar-refractivity contribution in [1.82, 2.24) is 0 Å². The molecular weight excluding hydrogens is 204 g/mol. The molecule has 0 aromatic heterocycles. The van der Waals surface area contributed by atoms with Gasteiger partial charge in [-0.25, -0.2) is 0 Å². The first-order chi connectivity index (χ1) is 7.76. The summed E-state index contributed by atoms with van der Waals surface area (Å²) in [4.78, 5) is 2.18. The summed E-state index contributed by atoms with van der Waals surface area (Å²) in [6.45, 7) is 0.795. The van der Waals surface area contributed by atoms with Gasteiger partial charge in [0.05, 0.1) is 25.1 Å². The molecule has 4 nitrogen and oxygen atoms in total. The molecular formula is C12H18N2O2. The van der Waals surface area contributed by atoms with Crippen molar-refractivity contribution in [3.63, 3.8) is 0 Å². The van der Waals surface area contributed by atoms with E-state index in [1.165, 1.54) is 12.8 Å². The third-order valence-corrected chi connectivity index (χ3v) is 2.87. The lowest BCUT2D eigenvalue weighted by atomic mass is 10.2. The number of hydrogen-bond donors (Lipinski definition) is 2. The van der Waals surface area contributed by atoms with Crippen LogP contribution in [0.3, 0.4) is 0 Å². The molecule has 1 aromatic carbocycles. The number of methoxy groups -OCH3 is 1. The lowest BCUT2D eigenvalue weighted by molar-refractivity contribution is 0.301. The second kappa shape index (κ2) is 4.61. The predicted octanol–water partition coefficient (Wildman–Crippen LogP) is 1.24. The Morgan fingerprint density at radius 3 is 2.75 bits per heavy atom. The van der Waals surface area contributed by atoms with E-state index in [0.717, 1.165) is 11.4 Å². The minimum absolute atomic E-state index is 0.155. The Labute approximate surface area is 95.6 Å². The number of rotatable bonds is 5. The fraction of sp³-hybridized carbons (Fsp3) is 0.500. The summed E-state index contributed by atoms with van der Waals surface area (Å²) >= 11 is 0. The van der Waals surface area contributed by atoms with Gasteiger partial charge in [-0.15, -0.1) is 0 Å². The third kappa shape index (κ3) is 2.22. The fourth-order valence-corrected chi connectivity index (χ4v) is 1.91. The number of nitrogen functional groups attached to an aromatic ring is 1. The Hall–Kier alpha value is -1.42. The minimum Gasteiger partial charge on any atom is -0.497 e. The summed E-state index contributed by atoms with van der Waals surface area (Å²) in [5.74, 6) is 0.765. The molecule has 0 bridgehead atoms. The molecule has 0 unspecified atom stereocenters. The standard InChI is InChI=1S/C12H18N2O2/c1-16-10-4-5-12(11(13)8-10)14(6-7-15)9-2-3-9/h4-5,8-9,15H,2-3,6-7,13H2,1H3. The number of aliphatic hydroxyl groups is 1. The Kier molecular flexibility index (Phi) is 3.19. The Balaban J connectivity index is 2.22. The van der Waals surface area contributed by atoms with Crippen LogP contribution in [-0.4, -0.2) is 31.4 Å². The minimum atomic E-state index is 0.155. The summed E-state index contributed by atoms with van der Waals surface area (Å²) < 4.78 is 5.12. The average molecular weight is 222 g/mol. The van der Waals surface area contributed by atoms with Crippen molar-refractivity contribution in [1.29, 1.82) is 0 Å². The van der Waals surface area contributed by atoms with Crippen LogP contribution in [0.5, 0.6) is 5.75 Å². The largest absolute Gasteiger partial charge is 0.497 e. The Morgan fingerprint density at radius 1 is 1.50 bits per heavy atom. The van der Waals surface area contributed by atoms with Gasteiger partial charge in [0.15, 0.2) is 0 Å². The third-order valence-electron chi connectivity index (χ3n) is 2.87. The molecule has 1 aromatic rings. The normalized spacial score (nSPS) is 14.9. The van der Waals surface area contributed by atoms with Crippen LogP contribution in [0, 0.1) is 0 Å². The highest BCUT2D eigenvalue weighted by Crippen LogP contribution is 2.35. The molecule has 0 saturated heterocycles. The molecule has 0 amide bonds. The van der Waals surface area contributed by atoms with Crippen molar-refractivity contribution in [3.05, 3.63) is 18.2 Å². The molecule has 0 aliphatic heterocycles. The smallest absolute Gasteiger partial charge is 0.121 e. The monoisotopic (exact) mass is 222 g/mol. The van der Waals surface area contributed by atoms with Crippen LogP contribution >= 0.6 is 0 Å². The second-order valence-corrected chi connectivity index (χ2v) is 4.07. The van der Waals surface area contributed by atoms with Crippen LogP contribution in [0.25, 0.3) is 0 Å². The fourth-order valence-electron chi connectivity index (χ4n) is 1.91. The van der Waals surface area contributed by atoms with E-state index < -0.39 is 0 Å². The van der Waals surface area contributed by atoms with Crippen LogP contribution < -0.4 is 15.4 Å². The Bertz CT molecular complexity index is 364. The zero-order chi connectivity index (χ0) is 11.5. The molecule has 16 heavy (non-hydrogen) atoms. The zero-order valence-electron chi connectivity index (χ0n) is 9.52. The van der Waals surface area contributed by atoms with Gasteiger partial charge in [-0.3, -0.25) is 0 Å². The lowest BCUT2D eigenvalue weighted by Gasteiger charge is -2.25. The van der Waals surface area contributed by atoms with E-state index in [1.807, 2.05) is 18.2 Å². The number of aliphatic hydroxyl groups excluding tert-OH is 1. The number of benzene rings is 1. The topological polar surface area (TPSA) is 58.7 Å². The van der Waals surface area contributed by atoms with Gasteiger partial charge in [0.25, 0.3) is 0 Å². The molecule has 1 aliphatic carbocycles. The first-order valence-electron chi connectivity index (χ1n) is 5.57. The molecule has 1 aliphatic rings. The van der Waals surface area contributed by atoms with Crippen molar-refractivity contribution in [2.75, 3.05) is 30.9 Å². The summed E-state index contributed by atoms with van der Waals surface area (Å²) in [6.07, 6.45) is 2.37.